The van der Waals surface area contributed by atoms with E-state index in [9.17, 15) is 13.2 Å². The van der Waals surface area contributed by atoms with Crippen LogP contribution in [0, 0.1) is 0 Å². The van der Waals surface area contributed by atoms with Crippen molar-refractivity contribution in [2.45, 2.75) is 19.0 Å². The van der Waals surface area contributed by atoms with Gasteiger partial charge in [0.15, 0.2) is 0 Å². The van der Waals surface area contributed by atoms with Crippen molar-refractivity contribution in [3.8, 4) is 0 Å². The molecule has 0 bridgehead atoms. The maximum absolute atomic E-state index is 11.7. The summed E-state index contributed by atoms with van der Waals surface area (Å²) < 4.78 is 40.0. The van der Waals surface area contributed by atoms with E-state index in [-0.39, 0.29) is 13.0 Å². The molecule has 0 heterocycles. The first-order chi connectivity index (χ1) is 6.45. The molecule has 0 radical (unpaired) electrons. The van der Waals surface area contributed by atoms with E-state index in [0.29, 0.717) is 13.2 Å². The quantitative estimate of drug-likeness (QED) is 0.514. The molecule has 0 amide bonds. The number of ether oxygens (including phenoxy) is 1. The van der Waals surface area contributed by atoms with E-state index in [1.807, 2.05) is 0 Å². The lowest BCUT2D eigenvalue weighted by atomic mass is 10.3. The van der Waals surface area contributed by atoms with E-state index in [2.05, 4.69) is 11.9 Å². The molecule has 2 nitrogen and oxygen atoms in total. The normalized spacial score (nSPS) is 11.7. The Morgan fingerprint density at radius 2 is 2.07 bits per heavy atom. The third-order valence-corrected chi connectivity index (χ3v) is 1.48. The second-order valence-corrected chi connectivity index (χ2v) is 3.05. The zero-order valence-corrected chi connectivity index (χ0v) is 8.28. The highest BCUT2D eigenvalue weighted by Gasteiger charge is 2.25. The number of nitrogens with one attached hydrogen (secondary N) is 1. The van der Waals surface area contributed by atoms with E-state index in [1.54, 1.807) is 7.05 Å². The molecule has 5 heteroatoms. The lowest BCUT2D eigenvalue weighted by molar-refractivity contribution is -0.137. The van der Waals surface area contributed by atoms with Crippen LogP contribution in [-0.2, 0) is 4.74 Å². The molecule has 0 aliphatic carbocycles. The van der Waals surface area contributed by atoms with Crippen molar-refractivity contribution in [1.82, 2.24) is 5.32 Å². The molecule has 0 aromatic rings. The van der Waals surface area contributed by atoms with Crippen LogP contribution in [0.1, 0.15) is 12.8 Å². The van der Waals surface area contributed by atoms with E-state index in [1.165, 1.54) is 0 Å². The average molecular weight is 211 g/mol. The minimum absolute atomic E-state index is 0.0103. The molecule has 0 fully saturated rings. The van der Waals surface area contributed by atoms with Crippen molar-refractivity contribution in [1.29, 1.82) is 0 Å². The van der Waals surface area contributed by atoms with Crippen LogP contribution in [0.3, 0.4) is 0 Å². The number of hydrogen-bond acceptors (Lipinski definition) is 2. The fourth-order valence-electron chi connectivity index (χ4n) is 0.892. The summed E-state index contributed by atoms with van der Waals surface area (Å²) in [5.41, 5.74) is 0.833. The molecule has 0 saturated carbocycles. The van der Waals surface area contributed by atoms with Crippen molar-refractivity contribution < 1.29 is 17.9 Å². The highest BCUT2D eigenvalue weighted by molar-refractivity contribution is 4.96. The fraction of sp³-hybridized carbons (Fsp3) is 0.778. The summed E-state index contributed by atoms with van der Waals surface area (Å²) in [6.45, 7) is 4.75. The third-order valence-electron chi connectivity index (χ3n) is 1.48. The summed E-state index contributed by atoms with van der Waals surface area (Å²) in [6.07, 6.45) is -4.85. The Hall–Kier alpha value is -0.550. The monoisotopic (exact) mass is 211 g/mol. The van der Waals surface area contributed by atoms with Crippen LogP contribution >= 0.6 is 0 Å². The van der Waals surface area contributed by atoms with Crippen molar-refractivity contribution in [2.24, 2.45) is 0 Å². The topological polar surface area (TPSA) is 21.3 Å². The molecule has 0 aliphatic heterocycles. The smallest absolute Gasteiger partial charge is 0.377 e. The average Bonchev–Trinajstić information content (AvgIpc) is 2.02. The summed E-state index contributed by atoms with van der Waals surface area (Å²) in [4.78, 5) is 0. The van der Waals surface area contributed by atoms with E-state index < -0.39 is 12.6 Å². The molecule has 14 heavy (non-hydrogen) atoms. The summed E-state index contributed by atoms with van der Waals surface area (Å²) in [5.74, 6) is 0. The second kappa shape index (κ2) is 6.84. The van der Waals surface area contributed by atoms with Gasteiger partial charge < -0.3 is 10.1 Å². The molecular weight excluding hydrogens is 195 g/mol. The van der Waals surface area contributed by atoms with Gasteiger partial charge in [0.05, 0.1) is 6.61 Å². The molecular formula is C9H16F3NO. The number of rotatable bonds is 7. The number of hydrogen-bond donors (Lipinski definition) is 1. The van der Waals surface area contributed by atoms with Gasteiger partial charge in [-0.2, -0.15) is 13.2 Å². The Balaban J connectivity index is 3.26. The van der Waals surface area contributed by atoms with Gasteiger partial charge in [-0.05, 0) is 19.0 Å². The van der Waals surface area contributed by atoms with Crippen LogP contribution in [0.15, 0.2) is 12.2 Å². The SMILES string of the molecule is C=C(CNC)COCCCC(F)(F)F. The minimum atomic E-state index is -4.08. The number of alkyl halides is 3. The standard InChI is InChI=1S/C9H16F3NO/c1-8(6-13-2)7-14-5-3-4-9(10,11)12/h13H,1,3-7H2,2H3. The maximum Gasteiger partial charge on any atom is 0.389 e. The van der Waals surface area contributed by atoms with Crippen LogP contribution in [0.5, 0.6) is 0 Å². The summed E-state index contributed by atoms with van der Waals surface area (Å²) in [5, 5.41) is 2.87. The Bertz CT molecular complexity index is 168. The highest BCUT2D eigenvalue weighted by atomic mass is 19.4. The van der Waals surface area contributed by atoms with Gasteiger partial charge in [0.25, 0.3) is 0 Å². The van der Waals surface area contributed by atoms with Gasteiger partial charge >= 0.3 is 6.18 Å². The van der Waals surface area contributed by atoms with Gasteiger partial charge in [-0.3, -0.25) is 0 Å². The molecule has 1 N–H and O–H groups in total. The number of halogens is 3. The zero-order valence-electron chi connectivity index (χ0n) is 8.28. The molecule has 0 aliphatic rings. The Kier molecular flexibility index (Phi) is 6.57. The van der Waals surface area contributed by atoms with E-state index in [4.69, 9.17) is 4.74 Å². The van der Waals surface area contributed by atoms with Gasteiger partial charge in [-0.1, -0.05) is 6.58 Å². The maximum atomic E-state index is 11.7. The first-order valence-electron chi connectivity index (χ1n) is 4.41. The molecule has 0 unspecified atom stereocenters. The van der Waals surface area contributed by atoms with Crippen LogP contribution in [-0.4, -0.2) is 33.0 Å². The van der Waals surface area contributed by atoms with Crippen LogP contribution < -0.4 is 5.32 Å². The van der Waals surface area contributed by atoms with Gasteiger partial charge in [0.1, 0.15) is 0 Å². The van der Waals surface area contributed by atoms with E-state index in [0.717, 1.165) is 5.57 Å². The lowest BCUT2D eigenvalue weighted by Gasteiger charge is -2.08. The predicted octanol–water partition coefficient (Wildman–Crippen LogP) is 2.12. The van der Waals surface area contributed by atoms with Crippen LogP contribution in [0.25, 0.3) is 0 Å². The highest BCUT2D eigenvalue weighted by Crippen LogP contribution is 2.20. The number of likely N-dealkylation sites (N-methyl/N-ethyl adjacent to an activating group) is 1. The van der Waals surface area contributed by atoms with Crippen molar-refractivity contribution in [2.75, 3.05) is 26.8 Å². The largest absolute Gasteiger partial charge is 0.389 e. The second-order valence-electron chi connectivity index (χ2n) is 3.05. The summed E-state index contributed by atoms with van der Waals surface area (Å²) >= 11 is 0. The van der Waals surface area contributed by atoms with Crippen LogP contribution in [0.4, 0.5) is 13.2 Å². The molecule has 0 rings (SSSR count). The van der Waals surface area contributed by atoms with Gasteiger partial charge in [-0.15, -0.1) is 0 Å². The molecule has 0 atom stereocenters. The first-order valence-corrected chi connectivity index (χ1v) is 4.41. The Labute approximate surface area is 82.1 Å². The van der Waals surface area contributed by atoms with Crippen molar-refractivity contribution >= 4 is 0 Å². The Morgan fingerprint density at radius 3 is 2.57 bits per heavy atom. The van der Waals surface area contributed by atoms with Crippen molar-refractivity contribution in [3.63, 3.8) is 0 Å². The molecule has 0 spiro atoms. The van der Waals surface area contributed by atoms with Crippen molar-refractivity contribution in [3.05, 3.63) is 12.2 Å². The zero-order chi connectivity index (χ0) is 11.0. The molecule has 0 aromatic heterocycles. The molecule has 84 valence electrons. The van der Waals surface area contributed by atoms with Gasteiger partial charge in [0.2, 0.25) is 0 Å². The molecule has 0 saturated heterocycles. The molecule has 0 aromatic carbocycles. The van der Waals surface area contributed by atoms with E-state index >= 15 is 0 Å². The van der Waals surface area contributed by atoms with Crippen LogP contribution in [0.2, 0.25) is 0 Å². The Morgan fingerprint density at radius 1 is 1.43 bits per heavy atom. The van der Waals surface area contributed by atoms with Gasteiger partial charge in [-0.25, -0.2) is 0 Å². The fourth-order valence-corrected chi connectivity index (χ4v) is 0.892. The summed E-state index contributed by atoms with van der Waals surface area (Å²) in [6, 6.07) is 0. The van der Waals surface area contributed by atoms with Gasteiger partial charge in [0, 0.05) is 19.6 Å². The third kappa shape index (κ3) is 9.54. The summed E-state index contributed by atoms with van der Waals surface area (Å²) in [7, 11) is 1.77. The minimum Gasteiger partial charge on any atom is -0.377 e. The first kappa shape index (κ1) is 13.4. The lowest BCUT2D eigenvalue weighted by Crippen LogP contribution is -2.14. The predicted molar refractivity (Wildman–Crippen MR) is 49.2 cm³/mol.